The highest BCUT2D eigenvalue weighted by molar-refractivity contribution is 8.13. The van der Waals surface area contributed by atoms with E-state index in [1.54, 1.807) is 55.7 Å². The van der Waals surface area contributed by atoms with E-state index >= 15 is 0 Å². The van der Waals surface area contributed by atoms with Crippen LogP contribution < -0.4 is 0 Å². The zero-order valence-electron chi connectivity index (χ0n) is 32.3. The number of aliphatic hydroxyl groups is 1. The van der Waals surface area contributed by atoms with E-state index < -0.39 is 82.6 Å². The van der Waals surface area contributed by atoms with Gasteiger partial charge in [-0.25, -0.2) is 8.42 Å². The van der Waals surface area contributed by atoms with Crippen LogP contribution in [0.1, 0.15) is 59.3 Å². The molecule has 4 N–H and O–H groups in total. The van der Waals surface area contributed by atoms with Crippen molar-refractivity contribution in [2.75, 3.05) is 52.0 Å². The highest BCUT2D eigenvalue weighted by Crippen LogP contribution is 2.23. The maximum Gasteiger partial charge on any atom is 0.377 e. The van der Waals surface area contributed by atoms with Gasteiger partial charge in [0.05, 0.1) is 44.5 Å². The summed E-state index contributed by atoms with van der Waals surface area (Å²) in [7, 11) is -4.46. The molecular weight excluding hydrogens is 778 g/mol. The van der Waals surface area contributed by atoms with Crippen LogP contribution in [0.5, 0.6) is 0 Å². The summed E-state index contributed by atoms with van der Waals surface area (Å²) in [6.45, 7) is 12.1. The molecule has 54 heavy (non-hydrogen) atoms. The van der Waals surface area contributed by atoms with Crippen LogP contribution in [-0.4, -0.2) is 179 Å². The molecule has 0 saturated carbocycles. The molecule has 2 unspecified atom stereocenters. The Bertz CT molecular complexity index is 1390. The van der Waals surface area contributed by atoms with Crippen molar-refractivity contribution in [3.05, 3.63) is 0 Å². The Kier molecular flexibility index (Phi) is 24.5. The predicted molar refractivity (Wildman–Crippen MR) is 202 cm³/mol. The van der Waals surface area contributed by atoms with E-state index in [1.807, 2.05) is 0 Å². The Labute approximate surface area is 324 Å². The molecule has 0 amide bonds. The molecule has 0 spiro atoms. The number of Topliss-reactive ketones (excluding diaryl/α,β-unsaturated/α-hetero) is 1. The number of aliphatic hydroxyl groups excluding tert-OH is 1. The van der Waals surface area contributed by atoms with E-state index in [1.165, 1.54) is 0 Å². The molecule has 0 aromatic heterocycles. The van der Waals surface area contributed by atoms with Crippen molar-refractivity contribution in [2.24, 2.45) is 0 Å². The molecule has 3 aliphatic rings. The highest BCUT2D eigenvalue weighted by Gasteiger charge is 2.40. The zero-order chi connectivity index (χ0) is 42.0. The van der Waals surface area contributed by atoms with Crippen LogP contribution in [0.4, 0.5) is 0 Å². The molecule has 0 aliphatic carbocycles. The van der Waals surface area contributed by atoms with Crippen molar-refractivity contribution in [2.45, 2.75) is 110 Å². The largest absolute Gasteiger partial charge is 0.465 e. The van der Waals surface area contributed by atoms with Crippen molar-refractivity contribution in [1.82, 2.24) is 14.4 Å². The lowest BCUT2D eigenvalue weighted by Crippen LogP contribution is -2.55. The lowest BCUT2D eigenvalue weighted by Gasteiger charge is -2.37. The molecule has 0 bridgehead atoms. The molecule has 25 heteroatoms. The summed E-state index contributed by atoms with van der Waals surface area (Å²) in [6, 6.07) is -1.82. The minimum atomic E-state index is -3.56. The van der Waals surface area contributed by atoms with Gasteiger partial charge in [-0.2, -0.15) is 8.42 Å². The van der Waals surface area contributed by atoms with Gasteiger partial charge in [-0.3, -0.25) is 23.4 Å². The van der Waals surface area contributed by atoms with E-state index in [-0.39, 0.29) is 37.8 Å². The summed E-state index contributed by atoms with van der Waals surface area (Å²) in [5.74, 6) is -1.21. The minimum Gasteiger partial charge on any atom is -0.465 e. The summed E-state index contributed by atoms with van der Waals surface area (Å²) >= 11 is 0. The molecular formula is C29H57B3ClN3O16S2. The third-order valence-corrected chi connectivity index (χ3v) is 8.73. The number of hydrogen-bond acceptors (Lipinski definition) is 19. The van der Waals surface area contributed by atoms with Gasteiger partial charge in [0, 0.05) is 29.9 Å². The average Bonchev–Trinajstić information content (AvgIpc) is 3.03. The van der Waals surface area contributed by atoms with Crippen LogP contribution in [0.2, 0.25) is 20.5 Å². The highest BCUT2D eigenvalue weighted by atomic mass is 35.7. The average molecular weight is 836 g/mol. The molecule has 3 saturated heterocycles. The third-order valence-electron chi connectivity index (χ3n) is 8.11. The smallest absolute Gasteiger partial charge is 0.377 e. The van der Waals surface area contributed by atoms with Crippen LogP contribution >= 0.6 is 10.7 Å². The van der Waals surface area contributed by atoms with Gasteiger partial charge in [0.1, 0.15) is 23.9 Å². The van der Waals surface area contributed by atoms with Crippen LogP contribution in [0.15, 0.2) is 0 Å². The molecule has 312 valence electrons. The predicted octanol–water partition coefficient (Wildman–Crippen LogP) is -1.17. The Morgan fingerprint density at radius 1 is 0.722 bits per heavy atom. The van der Waals surface area contributed by atoms with Gasteiger partial charge < -0.3 is 48.8 Å². The topological polar surface area (TPSA) is 264 Å². The van der Waals surface area contributed by atoms with E-state index in [9.17, 15) is 56.2 Å². The molecule has 0 radical (unpaired) electrons. The molecule has 0 aromatic carbocycles. The molecule has 3 fully saturated rings. The van der Waals surface area contributed by atoms with Crippen LogP contribution in [0, 0.1) is 0 Å². The van der Waals surface area contributed by atoms with Gasteiger partial charge in [0.25, 0.3) is 10.1 Å². The van der Waals surface area contributed by atoms with E-state index in [4.69, 9.17) is 18.4 Å². The molecule has 5 atom stereocenters. The summed E-state index contributed by atoms with van der Waals surface area (Å²) in [5, 5.41) is 38.1. The Hall–Kier alpha value is -1.86. The second kappa shape index (κ2) is 25.4. The van der Waals surface area contributed by atoms with Crippen molar-refractivity contribution in [3.63, 3.8) is 0 Å². The fourth-order valence-corrected chi connectivity index (χ4v) is 6.50. The lowest BCUT2D eigenvalue weighted by atomic mass is 9.79. The molecule has 3 heterocycles. The van der Waals surface area contributed by atoms with Crippen LogP contribution in [-0.2, 0) is 56.7 Å². The van der Waals surface area contributed by atoms with Gasteiger partial charge in [0.15, 0.2) is 0 Å². The minimum absolute atomic E-state index is 0.0463. The monoisotopic (exact) mass is 835 g/mol. The lowest BCUT2D eigenvalue weighted by molar-refractivity contribution is -0.151. The molecule has 19 nitrogen and oxygen atoms in total. The Morgan fingerprint density at radius 2 is 1.09 bits per heavy atom. The number of hydrogen-bond donors (Lipinski definition) is 4. The van der Waals surface area contributed by atoms with Crippen molar-refractivity contribution in [3.8, 4) is 0 Å². The Morgan fingerprint density at radius 3 is 1.48 bits per heavy atom. The first-order valence-electron chi connectivity index (χ1n) is 17.6. The van der Waals surface area contributed by atoms with Crippen LogP contribution in [0.25, 0.3) is 0 Å². The first-order valence-corrected chi connectivity index (χ1v) is 22.2. The van der Waals surface area contributed by atoms with E-state index in [0.29, 0.717) is 51.9 Å². The fraction of sp³-hybridized carbons (Fsp3) is 0.862. The maximum absolute atomic E-state index is 11.8. The van der Waals surface area contributed by atoms with Gasteiger partial charge in [-0.15, -0.1) is 0 Å². The molecule has 3 rings (SSSR count). The van der Waals surface area contributed by atoms with E-state index in [2.05, 4.69) is 10.7 Å². The van der Waals surface area contributed by atoms with Crippen LogP contribution in [0.3, 0.4) is 0 Å². The quantitative estimate of drug-likeness (QED) is 0.0628. The fourth-order valence-electron chi connectivity index (χ4n) is 5.83. The first-order chi connectivity index (χ1) is 24.9. The third kappa shape index (κ3) is 21.4. The number of ether oxygens (including phenoxy) is 3. The number of carbonyl (C=O) groups excluding carboxylic acids is 4. The zero-order valence-corrected chi connectivity index (χ0v) is 34.7. The number of rotatable bonds is 11. The number of piperidine rings is 3. The second-order valence-electron chi connectivity index (χ2n) is 12.7. The SMILES string of the molecule is CCOC(=O)[C@H]1CC(=O)CCN1B(C)O.CCOC(=O)[C@H]1CC(O)CCN1B(C)O.CCOC(=O)[C@H]1CC(OS(C)(=O)=O)CCN1B(C)O.CS(=O)(=O)Cl. The van der Waals surface area contributed by atoms with Crippen molar-refractivity contribution >= 4 is 74.7 Å². The summed E-state index contributed by atoms with van der Waals surface area (Å²) in [5.41, 5.74) is 0. The number of halogens is 1. The summed E-state index contributed by atoms with van der Waals surface area (Å²) in [6.07, 6.45) is 2.95. The van der Waals surface area contributed by atoms with Crippen molar-refractivity contribution in [1.29, 1.82) is 0 Å². The molecule has 3 aliphatic heterocycles. The first kappa shape index (κ1) is 52.1. The normalized spacial score (nSPS) is 23.8. The van der Waals surface area contributed by atoms with Crippen molar-refractivity contribution < 1.29 is 74.6 Å². The van der Waals surface area contributed by atoms with Gasteiger partial charge in [-0.05, 0) is 80.1 Å². The summed E-state index contributed by atoms with van der Waals surface area (Å²) in [4.78, 5) is 51.0. The number of carbonyl (C=O) groups is 4. The molecule has 0 aromatic rings. The van der Waals surface area contributed by atoms with Gasteiger partial charge in [0.2, 0.25) is 9.05 Å². The number of ketones is 1. The van der Waals surface area contributed by atoms with E-state index in [0.717, 1.165) is 12.5 Å². The summed E-state index contributed by atoms with van der Waals surface area (Å²) < 4.78 is 60.7. The maximum atomic E-state index is 11.8. The van der Waals surface area contributed by atoms with Gasteiger partial charge >= 0.3 is 39.1 Å². The van der Waals surface area contributed by atoms with Gasteiger partial charge in [-0.1, -0.05) is 0 Å². The standard InChI is InChI=1S/C10H20BNO6S.C9H18BNO4.C9H16BNO4.CH3ClO2S/c1-4-17-10(13)9-7-8(18-19(3,15)16)5-6-12(9)11(2)14;2*1-3-15-9(13)8-6-7(12)4-5-11(8)10(2)14;1-5(2,3)4/h8-9,14H,4-7H2,1-3H3;7-8,12,14H,3-6H2,1-2H3;8,14H,3-6H2,1-2H3;1H3/t8?,9-;7?,8-;8-;/m111./s1. The number of nitrogens with zero attached hydrogens (tertiary/aromatic N) is 3. The Balaban J connectivity index is 0.000000739. The number of esters is 3. The second-order valence-corrected chi connectivity index (χ2v) is 17.4.